The molecule has 2 N–H and O–H groups in total. The van der Waals surface area contributed by atoms with Gasteiger partial charge >= 0.3 is 0 Å². The van der Waals surface area contributed by atoms with Crippen LogP contribution < -0.4 is 10.5 Å². The summed E-state index contributed by atoms with van der Waals surface area (Å²) in [5, 5.41) is 2.92. The van der Waals surface area contributed by atoms with Gasteiger partial charge in [-0.1, -0.05) is 23.2 Å². The molecule has 0 saturated carbocycles. The summed E-state index contributed by atoms with van der Waals surface area (Å²) in [5.41, 5.74) is 6.87. The lowest BCUT2D eigenvalue weighted by Gasteiger charge is -2.09. The predicted octanol–water partition coefficient (Wildman–Crippen LogP) is 4.38. The van der Waals surface area contributed by atoms with Gasteiger partial charge in [0.2, 0.25) is 5.88 Å². The molecule has 2 aromatic heterocycles. The van der Waals surface area contributed by atoms with E-state index in [9.17, 15) is 0 Å². The van der Waals surface area contributed by atoms with Gasteiger partial charge in [-0.05, 0) is 19.1 Å². The van der Waals surface area contributed by atoms with Crippen molar-refractivity contribution in [3.8, 4) is 11.6 Å². The van der Waals surface area contributed by atoms with Crippen LogP contribution in [0.1, 0.15) is 12.6 Å². The van der Waals surface area contributed by atoms with E-state index in [0.717, 1.165) is 10.7 Å². The minimum Gasteiger partial charge on any atom is -0.437 e. The van der Waals surface area contributed by atoms with Crippen LogP contribution in [0.3, 0.4) is 0 Å². The SMILES string of the molecule is CC(N)Cc1c(Oc2ccc(Cl)c(Cl)c2)nc2sccn12. The first kappa shape index (κ1) is 14.7. The average Bonchev–Trinajstić information content (AvgIpc) is 2.97. The molecule has 2 heterocycles. The molecule has 1 unspecified atom stereocenters. The number of fused-ring (bicyclic) bond motifs is 1. The number of thiazole rings is 1. The molecule has 0 aliphatic rings. The van der Waals surface area contributed by atoms with Gasteiger partial charge in [0.15, 0.2) is 4.96 Å². The van der Waals surface area contributed by atoms with E-state index in [1.54, 1.807) is 29.5 Å². The Kier molecular flexibility index (Phi) is 4.08. The molecule has 0 spiro atoms. The molecular formula is C14H13Cl2N3OS. The average molecular weight is 342 g/mol. The normalized spacial score (nSPS) is 12.8. The van der Waals surface area contributed by atoms with E-state index < -0.39 is 0 Å². The number of hydrogen-bond acceptors (Lipinski definition) is 4. The summed E-state index contributed by atoms with van der Waals surface area (Å²) in [6, 6.07) is 5.15. The zero-order valence-corrected chi connectivity index (χ0v) is 13.5. The molecule has 0 fully saturated rings. The summed E-state index contributed by atoms with van der Waals surface area (Å²) in [6.07, 6.45) is 2.64. The molecule has 0 aliphatic carbocycles. The zero-order chi connectivity index (χ0) is 15.0. The summed E-state index contributed by atoms with van der Waals surface area (Å²) in [6.45, 7) is 1.95. The van der Waals surface area contributed by atoms with Gasteiger partial charge in [-0.2, -0.15) is 4.98 Å². The highest BCUT2D eigenvalue weighted by atomic mass is 35.5. The van der Waals surface area contributed by atoms with Crippen LogP contribution >= 0.6 is 34.5 Å². The maximum absolute atomic E-state index is 6.01. The molecule has 110 valence electrons. The van der Waals surface area contributed by atoms with Crippen molar-refractivity contribution in [3.05, 3.63) is 45.5 Å². The monoisotopic (exact) mass is 341 g/mol. The van der Waals surface area contributed by atoms with Crippen molar-refractivity contribution in [1.82, 2.24) is 9.38 Å². The van der Waals surface area contributed by atoms with Gasteiger partial charge in [-0.25, -0.2) is 0 Å². The van der Waals surface area contributed by atoms with Crippen LogP contribution in [-0.2, 0) is 6.42 Å². The largest absolute Gasteiger partial charge is 0.437 e. The van der Waals surface area contributed by atoms with Gasteiger partial charge in [0.25, 0.3) is 0 Å². The molecule has 21 heavy (non-hydrogen) atoms. The number of rotatable bonds is 4. The molecule has 0 bridgehead atoms. The Morgan fingerprint density at radius 1 is 1.38 bits per heavy atom. The van der Waals surface area contributed by atoms with Gasteiger partial charge in [-0.15, -0.1) is 11.3 Å². The second-order valence-electron chi connectivity index (χ2n) is 4.78. The summed E-state index contributed by atoms with van der Waals surface area (Å²) in [4.78, 5) is 5.38. The van der Waals surface area contributed by atoms with Gasteiger partial charge in [-0.3, -0.25) is 4.40 Å². The third-order valence-corrected chi connectivity index (χ3v) is 4.44. The van der Waals surface area contributed by atoms with E-state index in [0.29, 0.717) is 28.1 Å². The highest BCUT2D eigenvalue weighted by Crippen LogP contribution is 2.32. The molecule has 3 aromatic rings. The third-order valence-electron chi connectivity index (χ3n) is 2.95. The van der Waals surface area contributed by atoms with Crippen LogP contribution in [0.25, 0.3) is 4.96 Å². The Hall–Kier alpha value is -1.27. The Morgan fingerprint density at radius 2 is 2.19 bits per heavy atom. The fourth-order valence-electron chi connectivity index (χ4n) is 2.04. The zero-order valence-electron chi connectivity index (χ0n) is 11.2. The van der Waals surface area contributed by atoms with E-state index in [-0.39, 0.29) is 6.04 Å². The molecule has 0 amide bonds. The molecule has 0 saturated heterocycles. The minimum atomic E-state index is 0.0148. The third kappa shape index (κ3) is 3.01. The number of nitrogens with zero attached hydrogens (tertiary/aromatic N) is 2. The minimum absolute atomic E-state index is 0.0148. The summed E-state index contributed by atoms with van der Waals surface area (Å²) >= 11 is 13.5. The molecule has 4 nitrogen and oxygen atoms in total. The smallest absolute Gasteiger partial charge is 0.242 e. The Morgan fingerprint density at radius 3 is 2.90 bits per heavy atom. The van der Waals surface area contributed by atoms with Gasteiger partial charge in [0, 0.05) is 30.1 Å². The molecule has 1 aromatic carbocycles. The van der Waals surface area contributed by atoms with Crippen molar-refractivity contribution in [2.45, 2.75) is 19.4 Å². The van der Waals surface area contributed by atoms with Crippen molar-refractivity contribution < 1.29 is 4.74 Å². The molecule has 7 heteroatoms. The summed E-state index contributed by atoms with van der Waals surface area (Å²) in [7, 11) is 0. The Bertz CT molecular complexity index is 782. The van der Waals surface area contributed by atoms with Crippen molar-refractivity contribution in [1.29, 1.82) is 0 Å². The van der Waals surface area contributed by atoms with Gasteiger partial charge in [0.1, 0.15) is 5.75 Å². The van der Waals surface area contributed by atoms with Gasteiger partial charge < -0.3 is 10.5 Å². The highest BCUT2D eigenvalue weighted by Gasteiger charge is 2.17. The Balaban J connectivity index is 1.98. The first-order valence-corrected chi connectivity index (χ1v) is 8.01. The maximum Gasteiger partial charge on any atom is 0.242 e. The van der Waals surface area contributed by atoms with Crippen molar-refractivity contribution in [2.75, 3.05) is 0 Å². The van der Waals surface area contributed by atoms with E-state index in [2.05, 4.69) is 4.98 Å². The lowest BCUT2D eigenvalue weighted by Crippen LogP contribution is -2.19. The number of hydrogen-bond donors (Lipinski definition) is 1. The van der Waals surface area contributed by atoms with Crippen molar-refractivity contribution in [3.63, 3.8) is 0 Å². The number of imidazole rings is 1. The topological polar surface area (TPSA) is 52.5 Å². The quantitative estimate of drug-likeness (QED) is 0.765. The van der Waals surface area contributed by atoms with Crippen LogP contribution in [0.5, 0.6) is 11.6 Å². The number of halogens is 2. The molecule has 0 radical (unpaired) electrons. The number of ether oxygens (including phenoxy) is 1. The van der Waals surface area contributed by atoms with E-state index in [4.69, 9.17) is 33.7 Å². The second kappa shape index (κ2) is 5.85. The summed E-state index contributed by atoms with van der Waals surface area (Å²) < 4.78 is 7.87. The van der Waals surface area contributed by atoms with Gasteiger partial charge in [0.05, 0.1) is 15.7 Å². The van der Waals surface area contributed by atoms with Crippen LogP contribution in [-0.4, -0.2) is 15.4 Å². The van der Waals surface area contributed by atoms with E-state index >= 15 is 0 Å². The molecule has 1 atom stereocenters. The van der Waals surface area contributed by atoms with E-state index in [1.165, 1.54) is 0 Å². The number of aromatic nitrogens is 2. The van der Waals surface area contributed by atoms with Crippen LogP contribution in [0.15, 0.2) is 29.8 Å². The van der Waals surface area contributed by atoms with Crippen LogP contribution in [0, 0.1) is 0 Å². The highest BCUT2D eigenvalue weighted by molar-refractivity contribution is 7.15. The molecular weight excluding hydrogens is 329 g/mol. The first-order valence-electron chi connectivity index (χ1n) is 6.37. The molecule has 3 rings (SSSR count). The summed E-state index contributed by atoms with van der Waals surface area (Å²) in [5.74, 6) is 1.15. The predicted molar refractivity (Wildman–Crippen MR) is 87.0 cm³/mol. The lowest BCUT2D eigenvalue weighted by molar-refractivity contribution is 0.456. The fraction of sp³-hybridized carbons (Fsp3) is 0.214. The van der Waals surface area contributed by atoms with Crippen LogP contribution in [0.2, 0.25) is 10.0 Å². The van der Waals surface area contributed by atoms with Crippen molar-refractivity contribution >= 4 is 39.5 Å². The molecule has 0 aliphatic heterocycles. The Labute approximate surface area is 136 Å². The number of benzene rings is 1. The standard InChI is InChI=1S/C14H13Cl2N3OS/c1-8(17)6-12-13(18-14-19(12)4-5-21-14)20-9-2-3-10(15)11(16)7-9/h2-5,7-8H,6,17H2,1H3. The van der Waals surface area contributed by atoms with E-state index in [1.807, 2.05) is 22.9 Å². The fourth-order valence-corrected chi connectivity index (χ4v) is 3.05. The lowest BCUT2D eigenvalue weighted by atomic mass is 10.2. The first-order chi connectivity index (χ1) is 10.0. The number of nitrogens with two attached hydrogens (primary N) is 1. The van der Waals surface area contributed by atoms with Crippen molar-refractivity contribution in [2.24, 2.45) is 5.73 Å². The maximum atomic E-state index is 6.01. The van der Waals surface area contributed by atoms with Crippen LogP contribution in [0.4, 0.5) is 0 Å². The second-order valence-corrected chi connectivity index (χ2v) is 6.47.